The van der Waals surface area contributed by atoms with Gasteiger partial charge in [0.1, 0.15) is 0 Å². The topological polar surface area (TPSA) is 55.2 Å². The van der Waals surface area contributed by atoms with Crippen LogP contribution in [-0.2, 0) is 62.4 Å². The lowest BCUT2D eigenvalue weighted by Gasteiger charge is -2.15. The predicted molar refractivity (Wildman–Crippen MR) is 320 cm³/mol. The van der Waals surface area contributed by atoms with E-state index in [9.17, 15) is 0 Å². The molecule has 1 radical (unpaired) electrons. The molecule has 0 atom stereocenters. The Morgan fingerprint density at radius 3 is 1.30 bits per heavy atom. The summed E-state index contributed by atoms with van der Waals surface area (Å²) >= 11 is 6.42. The normalized spacial score (nSPS) is 12.8. The molecular weight excluding hydrogens is 947 g/mol. The second-order valence-corrected chi connectivity index (χ2v) is 21.8. The number of hydrogen-bond acceptors (Lipinski definition) is 4. The Morgan fingerprint density at radius 1 is 0.447 bits per heavy atom. The fourth-order valence-corrected chi connectivity index (χ4v) is 10.8. The molecule has 4 nitrogen and oxygen atoms in total. The molecule has 2 aromatic heterocycles. The van der Waals surface area contributed by atoms with Crippen LogP contribution in [0.1, 0.15) is 77.8 Å². The number of hydrogen-bond donors (Lipinski definition) is 1. The van der Waals surface area contributed by atoms with Gasteiger partial charge >= 0.3 is 7.69 Å². The van der Waals surface area contributed by atoms with Gasteiger partial charge in [-0.1, -0.05) is 203 Å². The highest BCUT2D eigenvalue weighted by Crippen LogP contribution is 2.34. The molecule has 8 aliphatic rings. The largest absolute Gasteiger partial charge is 0.485 e. The maximum absolute atomic E-state index is 7.97. The van der Waals surface area contributed by atoms with Crippen LogP contribution in [-0.4, -0.2) is 29.3 Å². The summed E-state index contributed by atoms with van der Waals surface area (Å²) in [5, 5.41) is 13.4. The summed E-state index contributed by atoms with van der Waals surface area (Å²) in [4.78, 5) is 9.49. The van der Waals surface area contributed by atoms with Crippen LogP contribution in [0.15, 0.2) is 194 Å². The number of rotatable bonds is 9. The van der Waals surface area contributed by atoms with Gasteiger partial charge in [-0.05, 0) is 166 Å². The third-order valence-electron chi connectivity index (χ3n) is 14.8. The molecular formula is C70H67BClN2O2. The molecule has 18 rings (SSSR count). The summed E-state index contributed by atoms with van der Waals surface area (Å²) in [6.07, 6.45) is 13.6. The van der Waals surface area contributed by atoms with Gasteiger partial charge in [0.2, 0.25) is 0 Å². The van der Waals surface area contributed by atoms with Gasteiger partial charge < -0.3 is 9.68 Å². The van der Waals surface area contributed by atoms with Crippen molar-refractivity contribution in [3.63, 3.8) is 0 Å². The molecule has 8 aromatic carbocycles. The van der Waals surface area contributed by atoms with Gasteiger partial charge in [-0.15, -0.1) is 0 Å². The zero-order valence-electron chi connectivity index (χ0n) is 44.4. The summed E-state index contributed by atoms with van der Waals surface area (Å²) in [6, 6.07) is 67.3. The Balaban J connectivity index is 0.000000154. The van der Waals surface area contributed by atoms with Gasteiger partial charge in [0, 0.05) is 51.3 Å². The van der Waals surface area contributed by atoms with E-state index >= 15 is 0 Å². The van der Waals surface area contributed by atoms with Gasteiger partial charge in [-0.25, -0.2) is 0 Å². The molecule has 8 aliphatic carbocycles. The lowest BCUT2D eigenvalue weighted by Crippen LogP contribution is -2.04. The SMILES string of the molecule is CC(C)CO[B]O.CC(C)Cc1cccc2cnc(-c3ccc(-c4cc5ccc4CCc4ccc(cc4)CC5)cc3)cc12.Clc1cccc2cnc(-c3ccc(-c4cc5ccc4CCc4ccc(cc4)CC5)cc3)cc12. The number of halogens is 1. The first-order valence-electron chi connectivity index (χ1n) is 27.2. The number of benzene rings is 8. The number of nitrogens with zero attached hydrogens (tertiary/aromatic N) is 2. The Bertz CT molecular complexity index is 3550. The van der Waals surface area contributed by atoms with Crippen molar-refractivity contribution in [3.8, 4) is 44.8 Å². The lowest BCUT2D eigenvalue weighted by atomic mass is 9.90. The van der Waals surface area contributed by atoms with Gasteiger partial charge in [0.25, 0.3) is 0 Å². The number of fused-ring (bicyclic) bond motifs is 2. The fraction of sp³-hybridized carbons (Fsp3) is 0.229. The van der Waals surface area contributed by atoms with E-state index in [1.807, 2.05) is 44.4 Å². The third-order valence-corrected chi connectivity index (χ3v) is 15.2. The first kappa shape index (κ1) is 52.3. The molecule has 0 unspecified atom stereocenters. The first-order valence-corrected chi connectivity index (χ1v) is 27.6. The molecule has 0 aliphatic heterocycles. The number of pyridine rings is 2. The van der Waals surface area contributed by atoms with E-state index in [0.717, 1.165) is 98.2 Å². The van der Waals surface area contributed by atoms with Crippen molar-refractivity contribution in [2.75, 3.05) is 6.61 Å². The summed E-state index contributed by atoms with van der Waals surface area (Å²) < 4.78 is 4.53. The zero-order valence-corrected chi connectivity index (χ0v) is 45.2. The van der Waals surface area contributed by atoms with Gasteiger partial charge in [-0.2, -0.15) is 0 Å². The summed E-state index contributed by atoms with van der Waals surface area (Å²) in [6.45, 7) is 9.19. The van der Waals surface area contributed by atoms with Crippen molar-refractivity contribution in [3.05, 3.63) is 249 Å². The average molecular weight is 1010 g/mol. The van der Waals surface area contributed by atoms with E-state index in [1.54, 1.807) is 0 Å². The highest BCUT2D eigenvalue weighted by atomic mass is 35.5. The minimum atomic E-state index is 0.489. The maximum Gasteiger partial charge on any atom is 0.485 e. The van der Waals surface area contributed by atoms with E-state index < -0.39 is 0 Å². The van der Waals surface area contributed by atoms with Gasteiger partial charge in [0.05, 0.1) is 11.4 Å². The maximum atomic E-state index is 7.97. The van der Waals surface area contributed by atoms with Crippen LogP contribution < -0.4 is 0 Å². The molecule has 0 saturated carbocycles. The second kappa shape index (κ2) is 24.7. The standard InChI is InChI=1S/C35H33N.C31H24ClN.C4H10BO2/c1-24(2)20-31-4-3-5-32-23-36-35(22-34(31)32)30-18-16-29(17-19-30)33-21-27-11-10-25-6-8-26(9-7-25)12-14-28(33)15-13-27;32-30-3-1-2-27-20-33-31(19-29(27)30)26-16-14-25(15-17-26)28-18-23-9-8-21-4-6-22(7-5-21)10-12-24(28)13-11-23;1-4(2)3-7-5-6/h3-9,13,15-19,21-24H,10-12,14,20H2,1-2H3;1-7,11,13-20H,8-10,12H2;4,6H,3H2,1-2H3. The van der Waals surface area contributed by atoms with Crippen LogP contribution in [0.2, 0.25) is 5.02 Å². The van der Waals surface area contributed by atoms with Crippen molar-refractivity contribution in [1.29, 1.82) is 0 Å². The molecule has 0 spiro atoms. The van der Waals surface area contributed by atoms with E-state index in [2.05, 4.69) is 187 Å². The molecule has 0 amide bonds. The van der Waals surface area contributed by atoms with E-state index in [4.69, 9.17) is 21.6 Å². The van der Waals surface area contributed by atoms with Crippen LogP contribution in [0.25, 0.3) is 66.3 Å². The van der Waals surface area contributed by atoms with Crippen molar-refractivity contribution >= 4 is 40.8 Å². The molecule has 2 heterocycles. The first-order chi connectivity index (χ1) is 37.1. The number of aryl methyl sites for hydroxylation is 8. The van der Waals surface area contributed by atoms with E-state index in [1.165, 1.54) is 88.7 Å². The predicted octanol–water partition coefficient (Wildman–Crippen LogP) is 16.9. The smallest absolute Gasteiger partial charge is 0.429 e. The Morgan fingerprint density at radius 2 is 0.855 bits per heavy atom. The van der Waals surface area contributed by atoms with Crippen LogP contribution in [0, 0.1) is 11.8 Å². The molecule has 8 bridgehead atoms. The molecule has 0 saturated heterocycles. The third kappa shape index (κ3) is 13.1. The van der Waals surface area contributed by atoms with Crippen LogP contribution in [0.3, 0.4) is 0 Å². The van der Waals surface area contributed by atoms with E-state index in [-0.39, 0.29) is 0 Å². The minimum absolute atomic E-state index is 0.489. The average Bonchev–Trinajstić information content (AvgIpc) is 3.44. The number of aromatic nitrogens is 2. The zero-order chi connectivity index (χ0) is 52.4. The summed E-state index contributed by atoms with van der Waals surface area (Å²) in [5.41, 5.74) is 22.3. The van der Waals surface area contributed by atoms with Crippen molar-refractivity contribution < 1.29 is 9.68 Å². The summed E-state index contributed by atoms with van der Waals surface area (Å²) in [5.74, 6) is 1.12. The van der Waals surface area contributed by atoms with E-state index in [0.29, 0.717) is 18.4 Å². The Hall–Kier alpha value is -7.15. The highest BCUT2D eigenvalue weighted by molar-refractivity contribution is 6.35. The molecule has 76 heavy (non-hydrogen) atoms. The lowest BCUT2D eigenvalue weighted by molar-refractivity contribution is 0.246. The molecule has 0 fully saturated rings. The Labute approximate surface area is 456 Å². The van der Waals surface area contributed by atoms with Crippen molar-refractivity contribution in [2.45, 2.75) is 85.5 Å². The van der Waals surface area contributed by atoms with Crippen molar-refractivity contribution in [1.82, 2.24) is 9.97 Å². The highest BCUT2D eigenvalue weighted by Gasteiger charge is 2.14. The quantitative estimate of drug-likeness (QED) is 0.146. The fourth-order valence-electron chi connectivity index (χ4n) is 10.6. The molecule has 6 heteroatoms. The van der Waals surface area contributed by atoms with Crippen molar-refractivity contribution in [2.24, 2.45) is 11.8 Å². The van der Waals surface area contributed by atoms with Gasteiger partial charge in [-0.3, -0.25) is 9.97 Å². The van der Waals surface area contributed by atoms with Gasteiger partial charge in [0.15, 0.2) is 0 Å². The summed E-state index contributed by atoms with van der Waals surface area (Å²) in [7, 11) is 0.722. The van der Waals surface area contributed by atoms with Crippen LogP contribution in [0.4, 0.5) is 0 Å². The monoisotopic (exact) mass is 1010 g/mol. The minimum Gasteiger partial charge on any atom is -0.429 e. The van der Waals surface area contributed by atoms with Crippen LogP contribution in [0.5, 0.6) is 0 Å². The van der Waals surface area contributed by atoms with Crippen LogP contribution >= 0.6 is 11.6 Å². The second-order valence-electron chi connectivity index (χ2n) is 21.4. The molecule has 1 N–H and O–H groups in total. The molecule has 379 valence electrons. The Kier molecular flexibility index (Phi) is 17.0. The molecule has 10 aromatic rings.